The van der Waals surface area contributed by atoms with Gasteiger partial charge in [-0.15, -0.1) is 0 Å². The number of anilines is 1. The van der Waals surface area contributed by atoms with Crippen molar-refractivity contribution in [3.63, 3.8) is 0 Å². The van der Waals surface area contributed by atoms with E-state index in [0.29, 0.717) is 34.5 Å². The lowest BCUT2D eigenvalue weighted by Crippen LogP contribution is -2.58. The Morgan fingerprint density at radius 2 is 1.82 bits per heavy atom. The van der Waals surface area contributed by atoms with Gasteiger partial charge in [-0.3, -0.25) is 9.59 Å². The summed E-state index contributed by atoms with van der Waals surface area (Å²) < 4.78 is 0. The molecule has 9 heteroatoms. The highest BCUT2D eigenvalue weighted by Crippen LogP contribution is 2.46. The van der Waals surface area contributed by atoms with E-state index in [0.717, 1.165) is 5.56 Å². The minimum atomic E-state index is -1.05. The predicted molar refractivity (Wildman–Crippen MR) is 137 cm³/mol. The van der Waals surface area contributed by atoms with E-state index in [9.17, 15) is 14.7 Å². The van der Waals surface area contributed by atoms with Crippen LogP contribution in [-0.2, 0) is 10.4 Å². The number of carbonyl (C=O) groups is 2. The first-order valence-corrected chi connectivity index (χ1v) is 12.8. The highest BCUT2D eigenvalue weighted by Gasteiger charge is 2.50. The number of hydrogen-bond acceptors (Lipinski definition) is 6. The molecule has 0 aliphatic carbocycles. The van der Waals surface area contributed by atoms with Gasteiger partial charge in [0.2, 0.25) is 5.91 Å². The predicted octanol–water partition coefficient (Wildman–Crippen LogP) is 4.52. The van der Waals surface area contributed by atoms with E-state index in [4.69, 9.17) is 11.6 Å². The van der Waals surface area contributed by atoms with E-state index in [1.165, 1.54) is 11.3 Å². The molecule has 1 fully saturated rings. The number of nitrogens with zero attached hydrogens (tertiary/aromatic N) is 2. The van der Waals surface area contributed by atoms with E-state index in [1.54, 1.807) is 18.3 Å². The summed E-state index contributed by atoms with van der Waals surface area (Å²) in [6.45, 7) is 12.6. The second-order valence-corrected chi connectivity index (χ2v) is 11.6. The quantitative estimate of drug-likeness (QED) is 0.513. The monoisotopic (exact) mass is 506 g/mol. The van der Waals surface area contributed by atoms with Crippen molar-refractivity contribution in [3.8, 4) is 0 Å². The van der Waals surface area contributed by atoms with Gasteiger partial charge in [0, 0.05) is 35.6 Å². The molecule has 0 spiro atoms. The van der Waals surface area contributed by atoms with Crippen LogP contribution in [0.2, 0.25) is 5.02 Å². The normalized spacial score (nSPS) is 21.7. The number of rotatable bonds is 7. The van der Waals surface area contributed by atoms with Gasteiger partial charge in [0.15, 0.2) is 5.13 Å². The summed E-state index contributed by atoms with van der Waals surface area (Å²) in [5.74, 6) is -0.434. The zero-order valence-electron chi connectivity index (χ0n) is 20.7. The van der Waals surface area contributed by atoms with E-state index in [-0.39, 0.29) is 29.8 Å². The zero-order valence-corrected chi connectivity index (χ0v) is 22.3. The molecule has 2 aromatic rings. The van der Waals surface area contributed by atoms with Crippen LogP contribution in [0.5, 0.6) is 0 Å². The Kier molecular flexibility index (Phi) is 7.95. The molecule has 34 heavy (non-hydrogen) atoms. The van der Waals surface area contributed by atoms with Crippen molar-refractivity contribution < 1.29 is 14.7 Å². The van der Waals surface area contributed by atoms with Gasteiger partial charge in [0.05, 0.1) is 17.7 Å². The Bertz CT molecular complexity index is 1020. The van der Waals surface area contributed by atoms with Gasteiger partial charge in [-0.25, -0.2) is 4.98 Å². The van der Waals surface area contributed by atoms with Crippen LogP contribution >= 0.6 is 22.9 Å². The molecule has 2 heterocycles. The van der Waals surface area contributed by atoms with Gasteiger partial charge in [0.25, 0.3) is 5.91 Å². The number of benzene rings is 1. The minimum absolute atomic E-state index is 0.0283. The molecular weight excluding hydrogens is 472 g/mol. The van der Waals surface area contributed by atoms with Crippen LogP contribution in [0.3, 0.4) is 0 Å². The van der Waals surface area contributed by atoms with Crippen LogP contribution in [0, 0.1) is 11.3 Å². The fraction of sp³-hybridized carbons (Fsp3) is 0.560. The number of aliphatic hydroxyl groups is 1. The van der Waals surface area contributed by atoms with Gasteiger partial charge < -0.3 is 20.6 Å². The number of nitrogens with one attached hydrogen (secondary N) is 2. The third kappa shape index (κ3) is 5.56. The summed E-state index contributed by atoms with van der Waals surface area (Å²) in [5, 5.41) is 18.9. The molecule has 1 aromatic heterocycles. The summed E-state index contributed by atoms with van der Waals surface area (Å²) >= 11 is 7.30. The molecule has 1 saturated heterocycles. The highest BCUT2D eigenvalue weighted by molar-refractivity contribution is 7.17. The molecule has 1 aromatic carbocycles. The average Bonchev–Trinajstić information content (AvgIpc) is 3.23. The van der Waals surface area contributed by atoms with Crippen molar-refractivity contribution in [3.05, 3.63) is 45.9 Å². The molecule has 186 valence electrons. The smallest absolute Gasteiger partial charge is 0.263 e. The van der Waals surface area contributed by atoms with Crippen LogP contribution in [0.1, 0.15) is 63.2 Å². The van der Waals surface area contributed by atoms with Crippen molar-refractivity contribution in [2.24, 2.45) is 11.3 Å². The average molecular weight is 507 g/mol. The third-order valence-corrected chi connectivity index (χ3v) is 7.90. The van der Waals surface area contributed by atoms with Crippen LogP contribution in [0.25, 0.3) is 0 Å². The van der Waals surface area contributed by atoms with E-state index >= 15 is 0 Å². The first kappa shape index (κ1) is 26.4. The van der Waals surface area contributed by atoms with Crippen molar-refractivity contribution in [1.29, 1.82) is 0 Å². The summed E-state index contributed by atoms with van der Waals surface area (Å²) in [7, 11) is 0. The van der Waals surface area contributed by atoms with Crippen LogP contribution in [0.4, 0.5) is 5.13 Å². The number of halogens is 1. The Morgan fingerprint density at radius 1 is 1.18 bits per heavy atom. The molecule has 3 rings (SSSR count). The number of aromatic nitrogens is 1. The number of amides is 2. The first-order chi connectivity index (χ1) is 15.8. The Labute approximate surface area is 210 Å². The lowest BCUT2D eigenvalue weighted by Gasteiger charge is -2.51. The lowest BCUT2D eigenvalue weighted by molar-refractivity contribution is -0.156. The second kappa shape index (κ2) is 10.2. The van der Waals surface area contributed by atoms with Gasteiger partial charge >= 0.3 is 0 Å². The summed E-state index contributed by atoms with van der Waals surface area (Å²) in [4.78, 5) is 32.2. The molecular formula is C25H35ClN4O3S. The maximum absolute atomic E-state index is 13.4. The molecule has 3 N–H and O–H groups in total. The van der Waals surface area contributed by atoms with Crippen LogP contribution in [-0.4, -0.2) is 52.0 Å². The summed E-state index contributed by atoms with van der Waals surface area (Å²) in [5.41, 5.74) is -0.771. The molecule has 0 bridgehead atoms. The fourth-order valence-corrected chi connectivity index (χ4v) is 5.31. The number of carbonyl (C=O) groups excluding carboxylic acids is 2. The van der Waals surface area contributed by atoms with Crippen molar-refractivity contribution in [2.75, 3.05) is 18.4 Å². The first-order valence-electron chi connectivity index (χ1n) is 11.6. The SMILES string of the molecule is CC(C)NC(=O)c1cnc(NC(C)[C@@H](C)C(=O)N2CC[C@](O)(c3ccc(Cl)cc3)C(C)(C)C2)s1. The Morgan fingerprint density at radius 3 is 2.41 bits per heavy atom. The fourth-order valence-electron chi connectivity index (χ4n) is 4.37. The van der Waals surface area contributed by atoms with Gasteiger partial charge in [-0.05, 0) is 44.9 Å². The maximum Gasteiger partial charge on any atom is 0.263 e. The van der Waals surface area contributed by atoms with E-state index < -0.39 is 11.0 Å². The largest absolute Gasteiger partial charge is 0.384 e. The van der Waals surface area contributed by atoms with Gasteiger partial charge in [-0.2, -0.15) is 0 Å². The van der Waals surface area contributed by atoms with Crippen molar-refractivity contribution >= 4 is 39.9 Å². The molecule has 1 aliphatic heterocycles. The standard InChI is InChI=1S/C25H35ClN4O3S/c1-15(2)28-21(31)20-13-27-23(34-20)29-17(4)16(3)22(32)30-12-11-25(33,24(5,6)14-30)18-7-9-19(26)10-8-18/h7-10,13,15-17,33H,11-12,14H2,1-6H3,(H,27,29)(H,28,31)/t16-,17?,25+/m1/s1. The van der Waals surface area contributed by atoms with Gasteiger partial charge in [0.1, 0.15) is 4.88 Å². The number of hydrogen-bond donors (Lipinski definition) is 3. The Balaban J connectivity index is 1.64. The number of thiazole rings is 1. The molecule has 2 amide bonds. The van der Waals surface area contributed by atoms with Crippen LogP contribution in [0.15, 0.2) is 30.5 Å². The van der Waals surface area contributed by atoms with Crippen molar-refractivity contribution in [1.82, 2.24) is 15.2 Å². The summed E-state index contributed by atoms with van der Waals surface area (Å²) in [6.07, 6.45) is 2.00. The second-order valence-electron chi connectivity index (χ2n) is 10.1. The summed E-state index contributed by atoms with van der Waals surface area (Å²) in [6, 6.07) is 7.16. The van der Waals surface area contributed by atoms with Gasteiger partial charge in [-0.1, -0.05) is 55.8 Å². The van der Waals surface area contributed by atoms with Crippen LogP contribution < -0.4 is 10.6 Å². The molecule has 0 radical (unpaired) electrons. The molecule has 0 saturated carbocycles. The topological polar surface area (TPSA) is 94.6 Å². The number of piperidine rings is 1. The van der Waals surface area contributed by atoms with Crippen molar-refractivity contribution in [2.45, 2.75) is 65.6 Å². The number of likely N-dealkylation sites (tertiary alicyclic amines) is 1. The molecule has 1 aliphatic rings. The third-order valence-electron chi connectivity index (χ3n) is 6.72. The lowest BCUT2D eigenvalue weighted by atomic mass is 9.66. The van der Waals surface area contributed by atoms with E-state index in [2.05, 4.69) is 15.6 Å². The molecule has 3 atom stereocenters. The Hall–Kier alpha value is -2.16. The van der Waals surface area contributed by atoms with E-state index in [1.807, 2.05) is 58.6 Å². The highest BCUT2D eigenvalue weighted by atomic mass is 35.5. The molecule has 1 unspecified atom stereocenters. The zero-order chi connectivity index (χ0) is 25.3. The molecule has 7 nitrogen and oxygen atoms in total. The minimum Gasteiger partial charge on any atom is -0.384 e. The maximum atomic E-state index is 13.4.